The van der Waals surface area contributed by atoms with Gasteiger partial charge < -0.3 is 0 Å². The lowest BCUT2D eigenvalue weighted by Crippen LogP contribution is -2.30. The SMILES string of the molecule is c1ccc(P(c2ccccc2)P(=[N+]=P(c2ccccc2)(c2ccccc2)c2ccccc2)(c2ccccc2)c2ccccc2)cc1. The maximum atomic E-state index is 6.69. The molecular formula is C42H35NP3+. The molecule has 0 aliphatic carbocycles. The van der Waals surface area contributed by atoms with Crippen LogP contribution in [0.5, 0.6) is 0 Å². The summed E-state index contributed by atoms with van der Waals surface area (Å²) in [7, 11) is -3.62. The van der Waals surface area contributed by atoms with Crippen molar-refractivity contribution in [2.45, 2.75) is 0 Å². The molecule has 7 aromatic carbocycles. The van der Waals surface area contributed by atoms with E-state index in [0.29, 0.717) is 0 Å². The van der Waals surface area contributed by atoms with Gasteiger partial charge in [0.2, 0.25) is 0 Å². The first kappa shape index (κ1) is 30.2. The van der Waals surface area contributed by atoms with Crippen LogP contribution < -0.4 is 41.3 Å². The topological polar surface area (TPSA) is 14.1 Å². The van der Waals surface area contributed by atoms with Crippen molar-refractivity contribution in [2.75, 3.05) is 0 Å². The second-order valence-corrected chi connectivity index (χ2v) is 21.4. The molecule has 7 aromatic rings. The van der Waals surface area contributed by atoms with E-state index in [9.17, 15) is 0 Å². The van der Waals surface area contributed by atoms with Crippen LogP contribution in [0.15, 0.2) is 212 Å². The third-order valence-electron chi connectivity index (χ3n) is 8.18. The highest BCUT2D eigenvalue weighted by Gasteiger charge is 2.49. The van der Waals surface area contributed by atoms with E-state index in [2.05, 4.69) is 212 Å². The molecule has 0 saturated heterocycles. The van der Waals surface area contributed by atoms with Gasteiger partial charge in [-0.25, -0.2) is 0 Å². The van der Waals surface area contributed by atoms with Crippen LogP contribution in [0.25, 0.3) is 0 Å². The molecule has 0 heterocycles. The summed E-state index contributed by atoms with van der Waals surface area (Å²) in [6.45, 7) is -2.63. The Kier molecular flexibility index (Phi) is 9.12. The van der Waals surface area contributed by atoms with Crippen LogP contribution in [0.1, 0.15) is 0 Å². The molecule has 0 saturated carbocycles. The zero-order valence-electron chi connectivity index (χ0n) is 25.5. The average Bonchev–Trinajstić information content (AvgIpc) is 3.16. The maximum Gasteiger partial charge on any atom is 0.301 e. The Labute approximate surface area is 274 Å². The Morgan fingerprint density at radius 2 is 0.522 bits per heavy atom. The lowest BCUT2D eigenvalue weighted by molar-refractivity contribution is 1.68. The van der Waals surface area contributed by atoms with E-state index >= 15 is 0 Å². The fourth-order valence-corrected chi connectivity index (χ4v) is 23.4. The van der Waals surface area contributed by atoms with Crippen molar-refractivity contribution in [1.82, 2.24) is 4.17 Å². The van der Waals surface area contributed by atoms with Crippen molar-refractivity contribution in [3.8, 4) is 0 Å². The van der Waals surface area contributed by atoms with Gasteiger partial charge in [0.25, 0.3) is 6.74 Å². The fraction of sp³-hybridized carbons (Fsp3) is 0. The van der Waals surface area contributed by atoms with Crippen molar-refractivity contribution < 1.29 is 0 Å². The molecule has 46 heavy (non-hydrogen) atoms. The zero-order valence-corrected chi connectivity index (χ0v) is 28.2. The zero-order chi connectivity index (χ0) is 31.1. The van der Waals surface area contributed by atoms with Gasteiger partial charge >= 0.3 is 7.05 Å². The molecule has 0 aromatic heterocycles. The van der Waals surface area contributed by atoms with Gasteiger partial charge in [0.1, 0.15) is 0 Å². The second kappa shape index (κ2) is 13.9. The fourth-order valence-electron chi connectivity index (χ4n) is 6.14. The Bertz CT molecular complexity index is 1930. The first-order chi connectivity index (χ1) is 22.8. The van der Waals surface area contributed by atoms with Crippen LogP contribution in [-0.4, -0.2) is 0 Å². The van der Waals surface area contributed by atoms with Crippen molar-refractivity contribution >= 4 is 58.5 Å². The lowest BCUT2D eigenvalue weighted by atomic mass is 10.4. The number of hydrogen-bond acceptors (Lipinski definition) is 0. The quantitative estimate of drug-likeness (QED) is 0.117. The molecule has 0 aliphatic rings. The maximum absolute atomic E-state index is 6.69. The van der Waals surface area contributed by atoms with Crippen LogP contribution in [0.2, 0.25) is 0 Å². The van der Waals surface area contributed by atoms with Crippen molar-refractivity contribution in [2.24, 2.45) is 0 Å². The van der Waals surface area contributed by atoms with Gasteiger partial charge in [0.05, 0.1) is 34.1 Å². The molecule has 0 bridgehead atoms. The summed E-state index contributed by atoms with van der Waals surface area (Å²) in [6, 6.07) is 77.9. The predicted octanol–water partition coefficient (Wildman–Crippen LogP) is 8.13. The van der Waals surface area contributed by atoms with Crippen molar-refractivity contribution in [3.63, 3.8) is 0 Å². The molecule has 7 rings (SSSR count). The monoisotopic (exact) mass is 646 g/mol. The van der Waals surface area contributed by atoms with Crippen LogP contribution in [0, 0.1) is 0 Å². The number of hydrogen-bond donors (Lipinski definition) is 0. The Hall–Kier alpha value is -4.46. The van der Waals surface area contributed by atoms with E-state index in [1.807, 2.05) is 0 Å². The Balaban J connectivity index is 1.88. The lowest BCUT2D eigenvalue weighted by Gasteiger charge is -2.27. The van der Waals surface area contributed by atoms with Gasteiger partial charge in [0, 0.05) is 0 Å². The molecular weight excluding hydrogens is 611 g/mol. The molecule has 1 nitrogen and oxygen atoms in total. The van der Waals surface area contributed by atoms with Gasteiger partial charge in [-0.15, -0.1) is 4.17 Å². The average molecular weight is 647 g/mol. The summed E-state index contributed by atoms with van der Waals surface area (Å²) >= 11 is 0. The molecule has 0 fully saturated rings. The summed E-state index contributed by atoms with van der Waals surface area (Å²) in [5.74, 6) is 0. The minimum atomic E-state index is -2.63. The Morgan fingerprint density at radius 3 is 0.804 bits per heavy atom. The highest BCUT2D eigenvalue weighted by atomic mass is 32.1. The molecule has 0 amide bonds. The van der Waals surface area contributed by atoms with Gasteiger partial charge in [-0.1, -0.05) is 152 Å². The third kappa shape index (κ3) is 5.70. The molecule has 0 spiro atoms. The summed E-state index contributed by atoms with van der Waals surface area (Å²) in [4.78, 5) is 0. The molecule has 4 heteroatoms. The number of rotatable bonds is 8. The van der Waals surface area contributed by atoms with Crippen LogP contribution in [0.4, 0.5) is 0 Å². The highest BCUT2D eigenvalue weighted by Crippen LogP contribution is 2.73. The Morgan fingerprint density at radius 1 is 0.283 bits per heavy atom. The van der Waals surface area contributed by atoms with Crippen LogP contribution >= 0.6 is 21.4 Å². The normalized spacial score (nSPS) is 11.6. The first-order valence-electron chi connectivity index (χ1n) is 15.5. The summed E-state index contributed by atoms with van der Waals surface area (Å²) in [5.41, 5.74) is 0. The van der Waals surface area contributed by atoms with Crippen molar-refractivity contribution in [3.05, 3.63) is 212 Å². The summed E-state index contributed by atoms with van der Waals surface area (Å²) in [5, 5.41) is 9.06. The molecule has 0 aliphatic heterocycles. The van der Waals surface area contributed by atoms with Crippen LogP contribution in [-0.2, 0) is 0 Å². The van der Waals surface area contributed by atoms with E-state index in [-0.39, 0.29) is 0 Å². The van der Waals surface area contributed by atoms with E-state index in [1.165, 1.54) is 37.1 Å². The first-order valence-corrected chi connectivity index (χ1v) is 21.1. The second-order valence-electron chi connectivity index (χ2n) is 11.0. The molecule has 222 valence electrons. The third-order valence-corrected chi connectivity index (χ3v) is 22.8. The van der Waals surface area contributed by atoms with Crippen molar-refractivity contribution in [1.29, 1.82) is 0 Å². The van der Waals surface area contributed by atoms with Gasteiger partial charge in [0.15, 0.2) is 0 Å². The van der Waals surface area contributed by atoms with Crippen LogP contribution in [0.3, 0.4) is 0 Å². The molecule has 0 atom stereocenters. The summed E-state index contributed by atoms with van der Waals surface area (Å²) < 4.78 is 6.69. The predicted molar refractivity (Wildman–Crippen MR) is 205 cm³/mol. The van der Waals surface area contributed by atoms with E-state index < -0.39 is 21.4 Å². The minimum Gasteiger partial charge on any atom is -0.148 e. The number of nitrogens with zero attached hydrogens (tertiary/aromatic N) is 1. The van der Waals surface area contributed by atoms with Gasteiger partial charge in [-0.3, -0.25) is 0 Å². The largest absolute Gasteiger partial charge is 0.301 e. The number of benzene rings is 7. The highest BCUT2D eigenvalue weighted by molar-refractivity contribution is 8.45. The van der Waals surface area contributed by atoms with E-state index in [4.69, 9.17) is 4.17 Å². The summed E-state index contributed by atoms with van der Waals surface area (Å²) in [6.07, 6.45) is 0. The van der Waals surface area contributed by atoms with E-state index in [1.54, 1.807) is 0 Å². The molecule has 0 unspecified atom stereocenters. The standard InChI is InChI=1S/C42H35NP3/c1-8-22-36(23-9-1)44(37-24-10-2-11-25-37)46(41-32-18-6-19-33-41,42-34-20-7-21-35-42)43-45(38-26-12-3-13-27-38,39-28-14-4-15-29-39)40-30-16-5-17-31-40/h1-35H/q+1. The smallest absolute Gasteiger partial charge is 0.148 e. The molecule has 0 N–H and O–H groups in total. The van der Waals surface area contributed by atoms with Gasteiger partial charge in [-0.2, -0.15) is 0 Å². The van der Waals surface area contributed by atoms with Gasteiger partial charge in [-0.05, 0) is 71.3 Å². The molecule has 0 radical (unpaired) electrons. The van der Waals surface area contributed by atoms with E-state index in [0.717, 1.165) is 0 Å². The minimum absolute atomic E-state index is 1.01.